The fourth-order valence-electron chi connectivity index (χ4n) is 2.94. The highest BCUT2D eigenvalue weighted by molar-refractivity contribution is 6.09. The molecule has 1 aromatic carbocycles. The molecule has 6 heteroatoms. The fourth-order valence-corrected chi connectivity index (χ4v) is 2.94. The second kappa shape index (κ2) is 8.83. The lowest BCUT2D eigenvalue weighted by molar-refractivity contribution is -0.132. The first-order valence-electron chi connectivity index (χ1n) is 9.29. The number of aryl methyl sites for hydroxylation is 2. The van der Waals surface area contributed by atoms with Crippen molar-refractivity contribution in [1.29, 1.82) is 0 Å². The summed E-state index contributed by atoms with van der Waals surface area (Å²) < 4.78 is 0. The highest BCUT2D eigenvalue weighted by atomic mass is 16.2. The van der Waals surface area contributed by atoms with Gasteiger partial charge in [-0.15, -0.1) is 0 Å². The van der Waals surface area contributed by atoms with Crippen LogP contribution < -0.4 is 15.5 Å². The Morgan fingerprint density at radius 1 is 1.27 bits per heavy atom. The van der Waals surface area contributed by atoms with E-state index in [1.807, 2.05) is 45.9 Å². The van der Waals surface area contributed by atoms with Crippen molar-refractivity contribution in [3.8, 4) is 0 Å². The van der Waals surface area contributed by atoms with Gasteiger partial charge >= 0.3 is 0 Å². The van der Waals surface area contributed by atoms with Crippen molar-refractivity contribution >= 4 is 23.4 Å². The number of hydrogen-bond acceptors (Lipinski definition) is 3. The molecule has 0 saturated carbocycles. The van der Waals surface area contributed by atoms with Crippen molar-refractivity contribution < 1.29 is 14.4 Å². The Balaban J connectivity index is 1.86. The van der Waals surface area contributed by atoms with Crippen LogP contribution in [0.4, 0.5) is 5.69 Å². The largest absolute Gasteiger partial charge is 0.355 e. The minimum atomic E-state index is -0.672. The topological polar surface area (TPSA) is 78.5 Å². The monoisotopic (exact) mass is 359 g/mol. The molecule has 26 heavy (non-hydrogen) atoms. The molecule has 1 heterocycles. The van der Waals surface area contributed by atoms with Gasteiger partial charge in [-0.25, -0.2) is 0 Å². The summed E-state index contributed by atoms with van der Waals surface area (Å²) in [6, 6.07) is 6.01. The van der Waals surface area contributed by atoms with E-state index in [2.05, 4.69) is 10.6 Å². The maximum absolute atomic E-state index is 12.6. The number of rotatable bonds is 7. The first kappa shape index (κ1) is 19.9. The highest BCUT2D eigenvalue weighted by Gasteiger charge is 2.37. The van der Waals surface area contributed by atoms with Crippen LogP contribution in [0, 0.1) is 19.8 Å². The number of benzene rings is 1. The van der Waals surface area contributed by atoms with Crippen LogP contribution in [-0.4, -0.2) is 36.9 Å². The van der Waals surface area contributed by atoms with Crippen molar-refractivity contribution in [2.45, 2.75) is 53.0 Å². The number of anilines is 1. The number of hydrogen-bond donors (Lipinski definition) is 2. The van der Waals surface area contributed by atoms with Crippen LogP contribution in [0.15, 0.2) is 18.2 Å². The molecule has 0 bridgehead atoms. The molecule has 1 aliphatic heterocycles. The van der Waals surface area contributed by atoms with E-state index in [0.717, 1.165) is 17.7 Å². The molecule has 2 rings (SSSR count). The Kier molecular flexibility index (Phi) is 6.77. The quantitative estimate of drug-likeness (QED) is 0.732. The van der Waals surface area contributed by atoms with E-state index >= 15 is 0 Å². The zero-order chi connectivity index (χ0) is 19.3. The van der Waals surface area contributed by atoms with Crippen molar-refractivity contribution in [2.24, 2.45) is 5.92 Å². The normalized spacial score (nSPS) is 17.9. The van der Waals surface area contributed by atoms with Crippen LogP contribution in [0.1, 0.15) is 44.2 Å². The molecule has 6 nitrogen and oxygen atoms in total. The van der Waals surface area contributed by atoms with Gasteiger partial charge in [-0.1, -0.05) is 13.0 Å². The van der Waals surface area contributed by atoms with Gasteiger partial charge in [-0.2, -0.15) is 0 Å². The van der Waals surface area contributed by atoms with E-state index in [0.29, 0.717) is 13.0 Å². The van der Waals surface area contributed by atoms with Crippen LogP contribution in [-0.2, 0) is 14.4 Å². The minimum Gasteiger partial charge on any atom is -0.355 e. The highest BCUT2D eigenvalue weighted by Crippen LogP contribution is 2.27. The average molecular weight is 359 g/mol. The molecule has 0 aromatic heterocycles. The van der Waals surface area contributed by atoms with E-state index in [-0.39, 0.29) is 36.7 Å². The van der Waals surface area contributed by atoms with Gasteiger partial charge in [-0.05, 0) is 56.9 Å². The van der Waals surface area contributed by atoms with E-state index < -0.39 is 5.92 Å². The van der Waals surface area contributed by atoms with Crippen molar-refractivity contribution in [3.05, 3.63) is 29.3 Å². The van der Waals surface area contributed by atoms with Gasteiger partial charge in [0, 0.05) is 31.2 Å². The second-order valence-corrected chi connectivity index (χ2v) is 7.02. The van der Waals surface area contributed by atoms with Crippen LogP contribution in [0.25, 0.3) is 0 Å². The number of carbonyl (C=O) groups is 3. The van der Waals surface area contributed by atoms with E-state index in [4.69, 9.17) is 0 Å². The molecule has 1 fully saturated rings. The van der Waals surface area contributed by atoms with E-state index in [1.165, 1.54) is 5.56 Å². The van der Waals surface area contributed by atoms with E-state index in [9.17, 15) is 14.4 Å². The van der Waals surface area contributed by atoms with E-state index in [1.54, 1.807) is 4.90 Å². The second-order valence-electron chi connectivity index (χ2n) is 7.02. The molecule has 2 N–H and O–H groups in total. The smallest absolute Gasteiger partial charge is 0.239 e. The number of nitrogens with zero attached hydrogens (tertiary/aromatic N) is 1. The van der Waals surface area contributed by atoms with Crippen molar-refractivity contribution in [1.82, 2.24) is 10.6 Å². The van der Waals surface area contributed by atoms with Crippen LogP contribution >= 0.6 is 0 Å². The summed E-state index contributed by atoms with van der Waals surface area (Å²) in [5.74, 6) is -1.23. The molecule has 0 aliphatic carbocycles. The van der Waals surface area contributed by atoms with Gasteiger partial charge in [0.1, 0.15) is 5.92 Å². The maximum atomic E-state index is 12.6. The summed E-state index contributed by atoms with van der Waals surface area (Å²) >= 11 is 0. The van der Waals surface area contributed by atoms with Gasteiger partial charge < -0.3 is 15.5 Å². The van der Waals surface area contributed by atoms with Crippen molar-refractivity contribution in [2.75, 3.05) is 18.0 Å². The molecular formula is C20H29N3O3. The Hall–Kier alpha value is -2.37. The first-order chi connectivity index (χ1) is 12.3. The summed E-state index contributed by atoms with van der Waals surface area (Å²) in [4.78, 5) is 38.3. The van der Waals surface area contributed by atoms with Crippen molar-refractivity contribution in [3.63, 3.8) is 0 Å². The molecular weight excluding hydrogens is 330 g/mol. The lowest BCUT2D eigenvalue weighted by Crippen LogP contribution is -2.39. The maximum Gasteiger partial charge on any atom is 0.239 e. The standard InChI is InChI=1S/C20H29N3O3/c1-5-15(4)22-18(24)8-10-21-19(25)17-9-11-23(20(17)26)16-7-6-13(2)14(3)12-16/h6-7,12,15,17H,5,8-11H2,1-4H3,(H,21,25)(H,22,24). The lowest BCUT2D eigenvalue weighted by atomic mass is 10.1. The molecule has 142 valence electrons. The fraction of sp³-hybridized carbons (Fsp3) is 0.550. The molecule has 2 atom stereocenters. The van der Waals surface area contributed by atoms with Gasteiger partial charge in [-0.3, -0.25) is 14.4 Å². The third-order valence-corrected chi connectivity index (χ3v) is 5.00. The Morgan fingerprint density at radius 3 is 2.65 bits per heavy atom. The third-order valence-electron chi connectivity index (χ3n) is 5.00. The Morgan fingerprint density at radius 2 is 2.00 bits per heavy atom. The van der Waals surface area contributed by atoms with Gasteiger partial charge in [0.2, 0.25) is 17.7 Å². The van der Waals surface area contributed by atoms with Gasteiger partial charge in [0.25, 0.3) is 0 Å². The zero-order valence-corrected chi connectivity index (χ0v) is 16.1. The molecule has 2 unspecified atom stereocenters. The third kappa shape index (κ3) is 4.84. The molecule has 0 radical (unpaired) electrons. The molecule has 1 aliphatic rings. The zero-order valence-electron chi connectivity index (χ0n) is 16.1. The SMILES string of the molecule is CCC(C)NC(=O)CCNC(=O)C1CCN(c2ccc(C)c(C)c2)C1=O. The minimum absolute atomic E-state index is 0.0887. The van der Waals surface area contributed by atoms with Crippen LogP contribution in [0.5, 0.6) is 0 Å². The Labute approximate surface area is 155 Å². The van der Waals surface area contributed by atoms with Crippen LogP contribution in [0.3, 0.4) is 0 Å². The molecule has 0 spiro atoms. The predicted octanol–water partition coefficient (Wildman–Crippen LogP) is 2.08. The van der Waals surface area contributed by atoms with Gasteiger partial charge in [0.05, 0.1) is 0 Å². The first-order valence-corrected chi connectivity index (χ1v) is 9.29. The van der Waals surface area contributed by atoms with Gasteiger partial charge in [0.15, 0.2) is 0 Å². The number of nitrogens with one attached hydrogen (secondary N) is 2. The molecule has 1 aromatic rings. The summed E-state index contributed by atoms with van der Waals surface area (Å²) in [6.07, 6.45) is 1.58. The summed E-state index contributed by atoms with van der Waals surface area (Å²) in [5, 5.41) is 5.58. The number of amides is 3. The van der Waals surface area contributed by atoms with Crippen LogP contribution in [0.2, 0.25) is 0 Å². The lowest BCUT2D eigenvalue weighted by Gasteiger charge is -2.18. The summed E-state index contributed by atoms with van der Waals surface area (Å²) in [7, 11) is 0. The molecule has 3 amide bonds. The predicted molar refractivity (Wildman–Crippen MR) is 102 cm³/mol. The number of carbonyl (C=O) groups excluding carboxylic acids is 3. The Bertz CT molecular complexity index is 687. The molecule has 1 saturated heterocycles. The summed E-state index contributed by atoms with van der Waals surface area (Å²) in [6.45, 7) is 8.75. The summed E-state index contributed by atoms with van der Waals surface area (Å²) in [5.41, 5.74) is 3.13. The average Bonchev–Trinajstić information content (AvgIpc) is 2.98.